The van der Waals surface area contributed by atoms with Gasteiger partial charge in [-0.15, -0.1) is 0 Å². The lowest BCUT2D eigenvalue weighted by atomic mass is 9.91. The third-order valence-corrected chi connectivity index (χ3v) is 4.81. The molecule has 1 amide bonds. The van der Waals surface area contributed by atoms with Crippen LogP contribution in [0.1, 0.15) is 28.0 Å². The van der Waals surface area contributed by atoms with Crippen molar-refractivity contribution in [2.24, 2.45) is 0 Å². The zero-order chi connectivity index (χ0) is 16.7. The number of aromatic amines is 1. The van der Waals surface area contributed by atoms with Gasteiger partial charge in [-0.1, -0.05) is 17.7 Å². The highest BCUT2D eigenvalue weighted by Crippen LogP contribution is 2.31. The van der Waals surface area contributed by atoms with Crippen LogP contribution in [0.2, 0.25) is 5.02 Å². The van der Waals surface area contributed by atoms with Crippen molar-refractivity contribution in [1.82, 2.24) is 10.3 Å². The minimum atomic E-state index is -0.403. The summed E-state index contributed by atoms with van der Waals surface area (Å²) < 4.78 is 13.3. The molecule has 3 aromatic rings. The number of benzene rings is 2. The summed E-state index contributed by atoms with van der Waals surface area (Å²) in [6, 6.07) is 11.6. The number of H-pyrrole nitrogens is 1. The highest BCUT2D eigenvalue weighted by Gasteiger charge is 2.24. The monoisotopic (exact) mass is 342 g/mol. The van der Waals surface area contributed by atoms with E-state index in [2.05, 4.69) is 10.3 Å². The van der Waals surface area contributed by atoms with Crippen molar-refractivity contribution in [3.05, 3.63) is 70.1 Å². The number of carbonyl (C=O) groups is 1. The molecule has 1 atom stereocenters. The molecule has 0 saturated carbocycles. The molecule has 1 aliphatic rings. The van der Waals surface area contributed by atoms with Crippen LogP contribution in [0.5, 0.6) is 0 Å². The topological polar surface area (TPSA) is 44.9 Å². The second-order valence-corrected chi connectivity index (χ2v) is 6.63. The maximum absolute atomic E-state index is 13.3. The van der Waals surface area contributed by atoms with E-state index in [1.165, 1.54) is 23.4 Å². The first-order valence-electron chi connectivity index (χ1n) is 7.95. The van der Waals surface area contributed by atoms with E-state index in [9.17, 15) is 9.18 Å². The van der Waals surface area contributed by atoms with Crippen LogP contribution in [0.4, 0.5) is 4.39 Å². The van der Waals surface area contributed by atoms with Gasteiger partial charge in [-0.3, -0.25) is 4.79 Å². The Morgan fingerprint density at radius 1 is 1.25 bits per heavy atom. The molecule has 0 saturated heterocycles. The van der Waals surface area contributed by atoms with E-state index >= 15 is 0 Å². The molecular weight excluding hydrogens is 327 g/mol. The summed E-state index contributed by atoms with van der Waals surface area (Å²) in [5.74, 6) is -0.638. The second kappa shape index (κ2) is 5.95. The Morgan fingerprint density at radius 2 is 2.12 bits per heavy atom. The Balaban J connectivity index is 1.57. The highest BCUT2D eigenvalue weighted by atomic mass is 35.5. The van der Waals surface area contributed by atoms with Crippen molar-refractivity contribution in [1.29, 1.82) is 0 Å². The summed E-state index contributed by atoms with van der Waals surface area (Å²) in [5.41, 5.74) is 3.84. The molecule has 24 heavy (non-hydrogen) atoms. The molecule has 1 aromatic heterocycles. The highest BCUT2D eigenvalue weighted by molar-refractivity contribution is 6.31. The molecule has 0 spiro atoms. The van der Waals surface area contributed by atoms with Crippen molar-refractivity contribution in [2.45, 2.75) is 25.3 Å². The third kappa shape index (κ3) is 2.78. The summed E-state index contributed by atoms with van der Waals surface area (Å²) in [7, 11) is 0. The number of fused-ring (bicyclic) bond motifs is 3. The van der Waals surface area contributed by atoms with E-state index in [-0.39, 0.29) is 11.9 Å². The second-order valence-electron chi connectivity index (χ2n) is 6.20. The molecule has 122 valence electrons. The maximum atomic E-state index is 13.3. The first-order valence-corrected chi connectivity index (χ1v) is 8.33. The van der Waals surface area contributed by atoms with Gasteiger partial charge in [-0.05, 0) is 61.2 Å². The van der Waals surface area contributed by atoms with Gasteiger partial charge in [-0.2, -0.15) is 0 Å². The van der Waals surface area contributed by atoms with Gasteiger partial charge in [0, 0.05) is 33.2 Å². The molecule has 0 fully saturated rings. The van der Waals surface area contributed by atoms with Crippen molar-refractivity contribution in [3.63, 3.8) is 0 Å². The summed E-state index contributed by atoms with van der Waals surface area (Å²) >= 11 is 6.11. The first-order chi connectivity index (χ1) is 11.6. The third-order valence-electron chi connectivity index (χ3n) is 4.57. The van der Waals surface area contributed by atoms with E-state index < -0.39 is 5.82 Å². The Hall–Kier alpha value is -2.33. The molecule has 0 radical (unpaired) electrons. The first kappa shape index (κ1) is 15.2. The average molecular weight is 343 g/mol. The van der Waals surface area contributed by atoms with Crippen LogP contribution in [0.3, 0.4) is 0 Å². The van der Waals surface area contributed by atoms with Crippen LogP contribution < -0.4 is 5.32 Å². The van der Waals surface area contributed by atoms with E-state index in [1.807, 2.05) is 18.2 Å². The number of nitrogens with one attached hydrogen (secondary N) is 2. The normalized spacial score (nSPS) is 16.8. The zero-order valence-electron chi connectivity index (χ0n) is 12.9. The summed E-state index contributed by atoms with van der Waals surface area (Å²) in [6.45, 7) is 0. The number of amides is 1. The molecule has 1 heterocycles. The van der Waals surface area contributed by atoms with Crippen LogP contribution in [-0.2, 0) is 12.8 Å². The molecule has 0 bridgehead atoms. The van der Waals surface area contributed by atoms with E-state index in [0.29, 0.717) is 10.6 Å². The van der Waals surface area contributed by atoms with Gasteiger partial charge < -0.3 is 10.3 Å². The molecule has 1 aliphatic carbocycles. The lowest BCUT2D eigenvalue weighted by Crippen LogP contribution is -2.38. The van der Waals surface area contributed by atoms with Gasteiger partial charge >= 0.3 is 0 Å². The number of aryl methyl sites for hydroxylation is 1. The Kier molecular flexibility index (Phi) is 3.77. The molecule has 0 aliphatic heterocycles. The minimum absolute atomic E-state index is 0.0336. The number of hydrogen-bond donors (Lipinski definition) is 2. The van der Waals surface area contributed by atoms with Gasteiger partial charge in [0.05, 0.1) is 0 Å². The molecule has 4 rings (SSSR count). The number of hydrogen-bond acceptors (Lipinski definition) is 1. The van der Waals surface area contributed by atoms with Crippen molar-refractivity contribution in [2.75, 3.05) is 0 Å². The van der Waals surface area contributed by atoms with E-state index in [4.69, 9.17) is 11.6 Å². The fourth-order valence-corrected chi connectivity index (χ4v) is 3.58. The minimum Gasteiger partial charge on any atom is -0.358 e. The number of rotatable bonds is 2. The standard InChI is InChI=1S/C19H16ClFN2O/c20-12-4-6-17-15(9-12)16-10-14(5-7-18(16)23-17)22-19(24)11-2-1-3-13(21)8-11/h1-4,6,8-9,14,23H,5,7,10H2,(H,22,24). The maximum Gasteiger partial charge on any atom is 0.251 e. The number of halogens is 2. The zero-order valence-corrected chi connectivity index (χ0v) is 13.7. The predicted octanol–water partition coefficient (Wildman–Crippen LogP) is 4.25. The molecule has 2 N–H and O–H groups in total. The Morgan fingerprint density at radius 3 is 2.96 bits per heavy atom. The smallest absolute Gasteiger partial charge is 0.251 e. The fourth-order valence-electron chi connectivity index (χ4n) is 3.41. The van der Waals surface area contributed by atoms with Crippen LogP contribution >= 0.6 is 11.6 Å². The van der Waals surface area contributed by atoms with Gasteiger partial charge in [0.25, 0.3) is 5.91 Å². The number of carbonyl (C=O) groups excluding carboxylic acids is 1. The number of aromatic nitrogens is 1. The Labute approximate surface area is 143 Å². The largest absolute Gasteiger partial charge is 0.358 e. The van der Waals surface area contributed by atoms with Gasteiger partial charge in [-0.25, -0.2) is 4.39 Å². The molecule has 1 unspecified atom stereocenters. The molecule has 5 heteroatoms. The quantitative estimate of drug-likeness (QED) is 0.718. The molecule has 2 aromatic carbocycles. The van der Waals surface area contributed by atoms with Crippen LogP contribution in [0.25, 0.3) is 10.9 Å². The van der Waals surface area contributed by atoms with Gasteiger partial charge in [0.15, 0.2) is 0 Å². The predicted molar refractivity (Wildman–Crippen MR) is 93.0 cm³/mol. The summed E-state index contributed by atoms with van der Waals surface area (Å²) in [6.07, 6.45) is 2.47. The van der Waals surface area contributed by atoms with Crippen LogP contribution in [0, 0.1) is 5.82 Å². The SMILES string of the molecule is O=C(NC1CCc2[nH]c3ccc(Cl)cc3c2C1)c1cccc(F)c1. The van der Waals surface area contributed by atoms with Gasteiger partial charge in [0.2, 0.25) is 0 Å². The van der Waals surface area contributed by atoms with E-state index in [1.54, 1.807) is 12.1 Å². The molecule has 3 nitrogen and oxygen atoms in total. The van der Waals surface area contributed by atoms with Crippen LogP contribution in [-0.4, -0.2) is 16.9 Å². The average Bonchev–Trinajstić information content (AvgIpc) is 2.92. The lowest BCUT2D eigenvalue weighted by molar-refractivity contribution is 0.0933. The van der Waals surface area contributed by atoms with E-state index in [0.717, 1.165) is 30.2 Å². The van der Waals surface area contributed by atoms with Crippen molar-refractivity contribution in [3.8, 4) is 0 Å². The molecular formula is C19H16ClFN2O. The van der Waals surface area contributed by atoms with Crippen LogP contribution in [0.15, 0.2) is 42.5 Å². The summed E-state index contributed by atoms with van der Waals surface area (Å²) in [4.78, 5) is 15.8. The Bertz CT molecular complexity index is 934. The van der Waals surface area contributed by atoms with Crippen molar-refractivity contribution >= 4 is 28.4 Å². The fraction of sp³-hybridized carbons (Fsp3) is 0.211. The summed E-state index contributed by atoms with van der Waals surface area (Å²) in [5, 5.41) is 4.84. The van der Waals surface area contributed by atoms with Gasteiger partial charge in [0.1, 0.15) is 5.82 Å². The van der Waals surface area contributed by atoms with Crippen molar-refractivity contribution < 1.29 is 9.18 Å². The lowest BCUT2D eigenvalue weighted by Gasteiger charge is -2.23.